The number of ether oxygens (including phenoxy) is 2. The Morgan fingerprint density at radius 2 is 1.82 bits per heavy atom. The number of benzene rings is 1. The molecule has 1 aromatic rings. The van der Waals surface area contributed by atoms with Gasteiger partial charge in [0, 0.05) is 6.07 Å². The summed E-state index contributed by atoms with van der Waals surface area (Å²) in [5, 5.41) is 21.1. The summed E-state index contributed by atoms with van der Waals surface area (Å²) in [4.78, 5) is 0. The molecule has 0 aliphatic rings. The van der Waals surface area contributed by atoms with Gasteiger partial charge in [-0.25, -0.2) is 0 Å². The number of nitrogens with one attached hydrogen (secondary N) is 1. The minimum absolute atomic E-state index is 0.148. The van der Waals surface area contributed by atoms with Crippen molar-refractivity contribution in [2.24, 2.45) is 0 Å². The lowest BCUT2D eigenvalue weighted by molar-refractivity contribution is 0.203. The molecule has 0 saturated carbocycles. The van der Waals surface area contributed by atoms with Crippen LogP contribution in [0.5, 0.6) is 11.5 Å². The average molecular weight is 241 g/mol. The van der Waals surface area contributed by atoms with E-state index >= 15 is 0 Å². The van der Waals surface area contributed by atoms with Gasteiger partial charge in [0.25, 0.3) is 0 Å². The first-order valence-electron chi connectivity index (χ1n) is 5.37. The highest BCUT2D eigenvalue weighted by Gasteiger charge is 2.13. The molecule has 5 heteroatoms. The first kappa shape index (κ1) is 13.6. The summed E-state index contributed by atoms with van der Waals surface area (Å²) in [5.74, 6) is 1.32. The second-order valence-corrected chi connectivity index (χ2v) is 3.73. The number of anilines is 1. The third-order valence-corrected chi connectivity index (χ3v) is 2.52. The Bertz CT molecular complexity index is 364. The molecule has 0 atom stereocenters. The van der Waals surface area contributed by atoms with Gasteiger partial charge in [-0.1, -0.05) is 0 Å². The Hall–Kier alpha value is -1.46. The maximum Gasteiger partial charge on any atom is 0.145 e. The van der Waals surface area contributed by atoms with Gasteiger partial charge in [0.2, 0.25) is 0 Å². The van der Waals surface area contributed by atoms with Crippen LogP contribution in [0.4, 0.5) is 5.69 Å². The van der Waals surface area contributed by atoms with E-state index in [1.165, 1.54) is 0 Å². The van der Waals surface area contributed by atoms with Crippen molar-refractivity contribution in [3.63, 3.8) is 0 Å². The minimum atomic E-state index is -0.406. The van der Waals surface area contributed by atoms with Gasteiger partial charge in [-0.15, -0.1) is 0 Å². The smallest absolute Gasteiger partial charge is 0.145 e. The second-order valence-electron chi connectivity index (χ2n) is 3.73. The van der Waals surface area contributed by atoms with Crippen LogP contribution in [0.2, 0.25) is 0 Å². The highest BCUT2D eigenvalue weighted by atomic mass is 16.5. The van der Waals surface area contributed by atoms with Crippen molar-refractivity contribution in [1.29, 1.82) is 0 Å². The fraction of sp³-hybridized carbons (Fsp3) is 0.500. The molecule has 0 aliphatic carbocycles. The summed E-state index contributed by atoms with van der Waals surface area (Å²) >= 11 is 0. The molecule has 0 spiro atoms. The number of hydrogen-bond donors (Lipinski definition) is 3. The lowest BCUT2D eigenvalue weighted by Gasteiger charge is -2.20. The van der Waals surface area contributed by atoms with Crippen molar-refractivity contribution >= 4 is 5.69 Å². The second kappa shape index (κ2) is 6.32. The van der Waals surface area contributed by atoms with Crippen LogP contribution in [0, 0.1) is 6.92 Å². The SMILES string of the molecule is COc1cc(C)c(NC(CO)CO)c(OC)c1. The Morgan fingerprint density at radius 1 is 1.18 bits per heavy atom. The van der Waals surface area contributed by atoms with Crippen molar-refractivity contribution in [3.8, 4) is 11.5 Å². The molecule has 0 amide bonds. The summed E-state index contributed by atoms with van der Waals surface area (Å²) in [6.45, 7) is 1.61. The monoisotopic (exact) mass is 241 g/mol. The number of rotatable bonds is 6. The zero-order valence-electron chi connectivity index (χ0n) is 10.4. The molecular weight excluding hydrogens is 222 g/mol. The standard InChI is InChI=1S/C12H19NO4/c1-8-4-10(16-2)5-11(17-3)12(8)13-9(6-14)7-15/h4-5,9,13-15H,6-7H2,1-3H3. The van der Waals surface area contributed by atoms with E-state index in [-0.39, 0.29) is 13.2 Å². The molecule has 0 aliphatic heterocycles. The predicted octanol–water partition coefficient (Wildman–Crippen LogP) is 0.777. The van der Waals surface area contributed by atoms with Gasteiger partial charge in [-0.05, 0) is 18.6 Å². The number of aliphatic hydroxyl groups is 2. The lowest BCUT2D eigenvalue weighted by atomic mass is 10.1. The van der Waals surface area contributed by atoms with Crippen LogP contribution < -0.4 is 14.8 Å². The molecule has 0 unspecified atom stereocenters. The topological polar surface area (TPSA) is 71.0 Å². The van der Waals surface area contributed by atoms with Gasteiger partial charge in [0.15, 0.2) is 0 Å². The maximum absolute atomic E-state index is 9.05. The van der Waals surface area contributed by atoms with Crippen molar-refractivity contribution in [3.05, 3.63) is 17.7 Å². The summed E-state index contributed by atoms with van der Waals surface area (Å²) < 4.78 is 10.4. The summed E-state index contributed by atoms with van der Waals surface area (Å²) in [6.07, 6.45) is 0. The molecule has 0 radical (unpaired) electrons. The van der Waals surface area contributed by atoms with Gasteiger partial charge in [0.05, 0.1) is 39.2 Å². The van der Waals surface area contributed by atoms with Crippen molar-refractivity contribution in [2.75, 3.05) is 32.8 Å². The van der Waals surface area contributed by atoms with Crippen LogP contribution in [0.15, 0.2) is 12.1 Å². The summed E-state index contributed by atoms with van der Waals surface area (Å²) in [5.41, 5.74) is 1.68. The van der Waals surface area contributed by atoms with E-state index in [2.05, 4.69) is 5.32 Å². The van der Waals surface area contributed by atoms with Gasteiger partial charge < -0.3 is 25.0 Å². The molecule has 0 bridgehead atoms. The lowest BCUT2D eigenvalue weighted by Crippen LogP contribution is -2.28. The average Bonchev–Trinajstić information content (AvgIpc) is 2.36. The first-order chi connectivity index (χ1) is 8.15. The van der Waals surface area contributed by atoms with E-state index in [0.717, 1.165) is 11.3 Å². The molecule has 0 saturated heterocycles. The molecule has 5 nitrogen and oxygen atoms in total. The zero-order valence-corrected chi connectivity index (χ0v) is 10.4. The van der Waals surface area contributed by atoms with Gasteiger partial charge in [-0.2, -0.15) is 0 Å². The molecule has 96 valence electrons. The molecule has 0 heterocycles. The number of methoxy groups -OCH3 is 2. The molecule has 3 N–H and O–H groups in total. The maximum atomic E-state index is 9.05. The van der Waals surface area contributed by atoms with Crippen LogP contribution in [-0.4, -0.2) is 43.7 Å². The van der Waals surface area contributed by atoms with E-state index < -0.39 is 6.04 Å². The third-order valence-electron chi connectivity index (χ3n) is 2.52. The minimum Gasteiger partial charge on any atom is -0.497 e. The predicted molar refractivity (Wildman–Crippen MR) is 65.9 cm³/mol. The number of hydrogen-bond acceptors (Lipinski definition) is 5. The van der Waals surface area contributed by atoms with Gasteiger partial charge >= 0.3 is 0 Å². The van der Waals surface area contributed by atoms with Crippen LogP contribution in [0.3, 0.4) is 0 Å². The fourth-order valence-corrected chi connectivity index (χ4v) is 1.54. The summed E-state index contributed by atoms with van der Waals surface area (Å²) in [6, 6.07) is 3.20. The van der Waals surface area contributed by atoms with Gasteiger partial charge in [-0.3, -0.25) is 0 Å². The van der Waals surface area contributed by atoms with E-state index in [1.807, 2.05) is 13.0 Å². The molecule has 0 aromatic heterocycles. The Balaban J connectivity index is 3.04. The molecular formula is C12H19NO4. The summed E-state index contributed by atoms with van der Waals surface area (Å²) in [7, 11) is 3.15. The van der Waals surface area contributed by atoms with Crippen LogP contribution in [0.1, 0.15) is 5.56 Å². The van der Waals surface area contributed by atoms with Crippen LogP contribution >= 0.6 is 0 Å². The molecule has 1 rings (SSSR count). The van der Waals surface area contributed by atoms with Crippen molar-refractivity contribution in [1.82, 2.24) is 0 Å². The Morgan fingerprint density at radius 3 is 2.29 bits per heavy atom. The first-order valence-corrected chi connectivity index (χ1v) is 5.37. The largest absolute Gasteiger partial charge is 0.497 e. The molecule has 1 aromatic carbocycles. The highest BCUT2D eigenvalue weighted by molar-refractivity contribution is 5.65. The Kier molecular flexibility index (Phi) is 5.06. The van der Waals surface area contributed by atoms with Crippen molar-refractivity contribution < 1.29 is 19.7 Å². The molecule has 0 fully saturated rings. The van der Waals surface area contributed by atoms with Crippen LogP contribution in [0.25, 0.3) is 0 Å². The Labute approximate surface area is 101 Å². The number of aliphatic hydroxyl groups excluding tert-OH is 2. The quantitative estimate of drug-likeness (QED) is 0.686. The normalized spacial score (nSPS) is 10.5. The van der Waals surface area contributed by atoms with E-state index in [0.29, 0.717) is 11.5 Å². The van der Waals surface area contributed by atoms with Crippen LogP contribution in [-0.2, 0) is 0 Å². The number of aryl methyl sites for hydroxylation is 1. The van der Waals surface area contributed by atoms with Gasteiger partial charge in [0.1, 0.15) is 11.5 Å². The molecule has 17 heavy (non-hydrogen) atoms. The zero-order chi connectivity index (χ0) is 12.8. The van der Waals surface area contributed by atoms with E-state index in [1.54, 1.807) is 20.3 Å². The van der Waals surface area contributed by atoms with Crippen molar-refractivity contribution in [2.45, 2.75) is 13.0 Å². The van der Waals surface area contributed by atoms with E-state index in [4.69, 9.17) is 19.7 Å². The third kappa shape index (κ3) is 3.25. The highest BCUT2D eigenvalue weighted by Crippen LogP contribution is 2.33. The van der Waals surface area contributed by atoms with E-state index in [9.17, 15) is 0 Å². The fourth-order valence-electron chi connectivity index (χ4n) is 1.54.